The van der Waals surface area contributed by atoms with Crippen LogP contribution in [0, 0.1) is 13.8 Å². The minimum atomic E-state index is -0.0630. The summed E-state index contributed by atoms with van der Waals surface area (Å²) in [6.07, 6.45) is 1.77. The Hall–Kier alpha value is -2.55. The lowest BCUT2D eigenvalue weighted by Crippen LogP contribution is -1.98. The normalized spacial score (nSPS) is 14.9. The molecule has 0 fully saturated rings. The van der Waals surface area contributed by atoms with Gasteiger partial charge >= 0.3 is 0 Å². The Kier molecular flexibility index (Phi) is 3.72. The van der Waals surface area contributed by atoms with Gasteiger partial charge in [0.15, 0.2) is 5.76 Å². The highest BCUT2D eigenvalue weighted by molar-refractivity contribution is 6.14. The van der Waals surface area contributed by atoms with Gasteiger partial charge in [-0.15, -0.1) is 0 Å². The number of aryl methyl sites for hydroxylation is 2. The molecular formula is C19H18O3. The van der Waals surface area contributed by atoms with Crippen molar-refractivity contribution in [2.24, 2.45) is 0 Å². The maximum Gasteiger partial charge on any atom is 0.231 e. The van der Waals surface area contributed by atoms with Crippen molar-refractivity contribution in [3.8, 4) is 11.5 Å². The van der Waals surface area contributed by atoms with Crippen molar-refractivity contribution in [2.45, 2.75) is 20.8 Å². The third-order valence-corrected chi connectivity index (χ3v) is 3.77. The van der Waals surface area contributed by atoms with Gasteiger partial charge < -0.3 is 9.47 Å². The van der Waals surface area contributed by atoms with E-state index in [-0.39, 0.29) is 5.78 Å². The molecule has 1 heterocycles. The summed E-state index contributed by atoms with van der Waals surface area (Å²) in [5.74, 6) is 1.76. The van der Waals surface area contributed by atoms with Crippen LogP contribution in [0.2, 0.25) is 0 Å². The molecule has 112 valence electrons. The van der Waals surface area contributed by atoms with Gasteiger partial charge in [0.05, 0.1) is 12.2 Å². The number of ketones is 1. The molecule has 0 aliphatic carbocycles. The highest BCUT2D eigenvalue weighted by Crippen LogP contribution is 2.34. The molecule has 0 N–H and O–H groups in total. The first-order valence-electron chi connectivity index (χ1n) is 7.37. The highest BCUT2D eigenvalue weighted by atomic mass is 16.5. The fourth-order valence-corrected chi connectivity index (χ4v) is 2.42. The molecule has 0 atom stereocenters. The average molecular weight is 294 g/mol. The lowest BCUT2D eigenvalue weighted by atomic mass is 10.0. The molecule has 3 rings (SSSR count). The zero-order valence-corrected chi connectivity index (χ0v) is 13.0. The van der Waals surface area contributed by atoms with Gasteiger partial charge in [-0.05, 0) is 67.8 Å². The molecule has 1 aliphatic heterocycles. The Bertz CT molecular complexity index is 755. The second-order valence-electron chi connectivity index (χ2n) is 5.37. The number of hydrogen-bond acceptors (Lipinski definition) is 3. The number of carbonyl (C=O) groups is 1. The van der Waals surface area contributed by atoms with Crippen LogP contribution in [-0.2, 0) is 0 Å². The summed E-state index contributed by atoms with van der Waals surface area (Å²) in [7, 11) is 0. The van der Waals surface area contributed by atoms with E-state index in [0.717, 1.165) is 22.4 Å². The number of benzene rings is 2. The quantitative estimate of drug-likeness (QED) is 0.791. The molecule has 0 saturated heterocycles. The van der Waals surface area contributed by atoms with Gasteiger partial charge in [0.1, 0.15) is 11.5 Å². The number of allylic oxidation sites excluding steroid dienone is 1. The van der Waals surface area contributed by atoms with Crippen molar-refractivity contribution in [1.82, 2.24) is 0 Å². The van der Waals surface area contributed by atoms with Crippen molar-refractivity contribution in [2.75, 3.05) is 6.61 Å². The number of hydrogen-bond donors (Lipinski definition) is 0. The van der Waals surface area contributed by atoms with Crippen LogP contribution in [0.15, 0.2) is 42.2 Å². The molecule has 1 aliphatic rings. The Labute approximate surface area is 130 Å². The van der Waals surface area contributed by atoms with Crippen LogP contribution in [0.3, 0.4) is 0 Å². The SMILES string of the molecule is CCOc1ccc(/C=C2\Oc3cc(C)c(C)cc3C2=O)cc1. The number of ether oxygens (including phenoxy) is 2. The van der Waals surface area contributed by atoms with E-state index < -0.39 is 0 Å². The van der Waals surface area contributed by atoms with Crippen LogP contribution in [0.25, 0.3) is 6.08 Å². The van der Waals surface area contributed by atoms with Crippen LogP contribution < -0.4 is 9.47 Å². The molecule has 2 aromatic carbocycles. The van der Waals surface area contributed by atoms with E-state index in [1.165, 1.54) is 0 Å². The topological polar surface area (TPSA) is 35.5 Å². The highest BCUT2D eigenvalue weighted by Gasteiger charge is 2.27. The molecule has 3 heteroatoms. The molecule has 0 amide bonds. The molecule has 0 radical (unpaired) electrons. The number of fused-ring (bicyclic) bond motifs is 1. The zero-order valence-electron chi connectivity index (χ0n) is 13.0. The zero-order chi connectivity index (χ0) is 15.7. The van der Waals surface area contributed by atoms with E-state index in [9.17, 15) is 4.79 Å². The van der Waals surface area contributed by atoms with Crippen LogP contribution >= 0.6 is 0 Å². The van der Waals surface area contributed by atoms with Gasteiger partial charge in [-0.3, -0.25) is 4.79 Å². The molecule has 0 spiro atoms. The first-order chi connectivity index (χ1) is 10.6. The third kappa shape index (κ3) is 2.62. The van der Waals surface area contributed by atoms with E-state index in [1.807, 2.05) is 57.2 Å². The summed E-state index contributed by atoms with van der Waals surface area (Å²) in [5, 5.41) is 0. The summed E-state index contributed by atoms with van der Waals surface area (Å²) in [4.78, 5) is 12.4. The lowest BCUT2D eigenvalue weighted by molar-refractivity contribution is 0.101. The number of Topliss-reactive ketones (excluding diaryl/α,β-unsaturated/α-hetero) is 1. The molecule has 0 saturated carbocycles. The van der Waals surface area contributed by atoms with Gasteiger partial charge in [0.2, 0.25) is 5.78 Å². The van der Waals surface area contributed by atoms with Gasteiger partial charge in [-0.1, -0.05) is 12.1 Å². The molecular weight excluding hydrogens is 276 g/mol. The number of carbonyl (C=O) groups excluding carboxylic acids is 1. The minimum absolute atomic E-state index is 0.0630. The van der Waals surface area contributed by atoms with E-state index >= 15 is 0 Å². The maximum absolute atomic E-state index is 12.4. The molecule has 3 nitrogen and oxygen atoms in total. The van der Waals surface area contributed by atoms with Crippen LogP contribution in [0.5, 0.6) is 11.5 Å². The molecule has 22 heavy (non-hydrogen) atoms. The van der Waals surface area contributed by atoms with Crippen molar-refractivity contribution in [3.05, 3.63) is 64.4 Å². The van der Waals surface area contributed by atoms with E-state index in [2.05, 4.69) is 0 Å². The van der Waals surface area contributed by atoms with Gasteiger partial charge in [0, 0.05) is 0 Å². The Morgan fingerprint density at radius 1 is 1.09 bits per heavy atom. The predicted octanol–water partition coefficient (Wildman–Crippen LogP) is 4.32. The Balaban J connectivity index is 1.89. The van der Waals surface area contributed by atoms with Crippen molar-refractivity contribution >= 4 is 11.9 Å². The fraction of sp³-hybridized carbons (Fsp3) is 0.211. The molecule has 0 aromatic heterocycles. The number of rotatable bonds is 3. The van der Waals surface area contributed by atoms with E-state index in [0.29, 0.717) is 23.7 Å². The first-order valence-corrected chi connectivity index (χ1v) is 7.37. The second kappa shape index (κ2) is 5.68. The largest absolute Gasteiger partial charge is 0.494 e. The standard InChI is InChI=1S/C19H18O3/c1-4-21-15-7-5-14(6-8-15)11-18-19(20)16-9-12(2)13(3)10-17(16)22-18/h5-11H,4H2,1-3H3/b18-11-. The molecule has 0 unspecified atom stereocenters. The summed E-state index contributed by atoms with van der Waals surface area (Å²) in [6, 6.07) is 11.4. The third-order valence-electron chi connectivity index (χ3n) is 3.77. The van der Waals surface area contributed by atoms with E-state index in [1.54, 1.807) is 6.08 Å². The second-order valence-corrected chi connectivity index (χ2v) is 5.37. The summed E-state index contributed by atoms with van der Waals surface area (Å²) >= 11 is 0. The lowest BCUT2D eigenvalue weighted by Gasteiger charge is -2.03. The smallest absolute Gasteiger partial charge is 0.231 e. The van der Waals surface area contributed by atoms with Crippen LogP contribution in [-0.4, -0.2) is 12.4 Å². The van der Waals surface area contributed by atoms with Crippen molar-refractivity contribution < 1.29 is 14.3 Å². The van der Waals surface area contributed by atoms with Crippen LogP contribution in [0.4, 0.5) is 0 Å². The monoisotopic (exact) mass is 294 g/mol. The van der Waals surface area contributed by atoms with Gasteiger partial charge in [-0.25, -0.2) is 0 Å². The van der Waals surface area contributed by atoms with Gasteiger partial charge in [-0.2, -0.15) is 0 Å². The summed E-state index contributed by atoms with van der Waals surface area (Å²) in [6.45, 7) is 6.59. The molecule has 0 bridgehead atoms. The van der Waals surface area contributed by atoms with Crippen LogP contribution in [0.1, 0.15) is 34.0 Å². The Morgan fingerprint density at radius 3 is 2.45 bits per heavy atom. The van der Waals surface area contributed by atoms with Crippen molar-refractivity contribution in [1.29, 1.82) is 0 Å². The van der Waals surface area contributed by atoms with Crippen molar-refractivity contribution in [3.63, 3.8) is 0 Å². The summed E-state index contributed by atoms with van der Waals surface area (Å²) in [5.41, 5.74) is 3.76. The van der Waals surface area contributed by atoms with Gasteiger partial charge in [0.25, 0.3) is 0 Å². The average Bonchev–Trinajstić information content (AvgIpc) is 2.78. The summed E-state index contributed by atoms with van der Waals surface area (Å²) < 4.78 is 11.1. The maximum atomic E-state index is 12.4. The first kappa shape index (κ1) is 14.4. The van der Waals surface area contributed by atoms with E-state index in [4.69, 9.17) is 9.47 Å². The fourth-order valence-electron chi connectivity index (χ4n) is 2.42. The molecule has 2 aromatic rings. The minimum Gasteiger partial charge on any atom is -0.494 e. The Morgan fingerprint density at radius 2 is 1.77 bits per heavy atom. The predicted molar refractivity (Wildman–Crippen MR) is 86.5 cm³/mol.